The molecule has 0 saturated heterocycles. The lowest BCUT2D eigenvalue weighted by molar-refractivity contribution is -0.149. The van der Waals surface area contributed by atoms with E-state index in [-0.39, 0.29) is 5.82 Å². The van der Waals surface area contributed by atoms with Crippen molar-refractivity contribution in [3.63, 3.8) is 0 Å². The molecule has 1 aromatic carbocycles. The van der Waals surface area contributed by atoms with Gasteiger partial charge in [0, 0.05) is 6.92 Å². The number of halogens is 1. The van der Waals surface area contributed by atoms with Crippen LogP contribution >= 0.6 is 0 Å². The minimum atomic E-state index is -0.657. The summed E-state index contributed by atoms with van der Waals surface area (Å²) >= 11 is 0. The predicted molar refractivity (Wildman–Crippen MR) is 56.1 cm³/mol. The molecule has 86 valence electrons. The third-order valence-electron chi connectivity index (χ3n) is 2.18. The van der Waals surface area contributed by atoms with Gasteiger partial charge in [0.1, 0.15) is 18.2 Å². The first-order valence-electron chi connectivity index (χ1n) is 4.92. The Morgan fingerprint density at radius 2 is 1.94 bits per heavy atom. The lowest BCUT2D eigenvalue weighted by Gasteiger charge is -2.20. The van der Waals surface area contributed by atoms with Crippen LogP contribution in [0.15, 0.2) is 24.3 Å². The van der Waals surface area contributed by atoms with Crippen LogP contribution in [0, 0.1) is 11.7 Å². The highest BCUT2D eigenvalue weighted by Crippen LogP contribution is 2.25. The first-order valence-corrected chi connectivity index (χ1v) is 4.92. The maximum absolute atomic E-state index is 12.7. The van der Waals surface area contributed by atoms with Gasteiger partial charge in [-0.1, -0.05) is 19.1 Å². The van der Waals surface area contributed by atoms with E-state index in [1.165, 1.54) is 31.2 Å². The van der Waals surface area contributed by atoms with Crippen LogP contribution in [0.3, 0.4) is 0 Å². The summed E-state index contributed by atoms with van der Waals surface area (Å²) in [7, 11) is 0. The summed E-state index contributed by atoms with van der Waals surface area (Å²) in [5, 5.41) is 0. The summed E-state index contributed by atoms with van der Waals surface area (Å²) < 4.78 is 17.8. The van der Waals surface area contributed by atoms with Gasteiger partial charge in [0.15, 0.2) is 0 Å². The van der Waals surface area contributed by atoms with Gasteiger partial charge in [0.2, 0.25) is 0 Å². The number of rotatable bonds is 4. The predicted octanol–water partition coefficient (Wildman–Crippen LogP) is 2.26. The van der Waals surface area contributed by atoms with E-state index in [0.717, 1.165) is 0 Å². The Labute approximate surface area is 93.2 Å². The van der Waals surface area contributed by atoms with Crippen molar-refractivity contribution in [3.05, 3.63) is 35.6 Å². The highest BCUT2D eigenvalue weighted by atomic mass is 19.1. The Hall–Kier alpha value is -1.71. The molecule has 0 spiro atoms. The summed E-state index contributed by atoms with van der Waals surface area (Å²) in [6.07, 6.45) is 0.0485. The Kier molecular flexibility index (Phi) is 4.17. The van der Waals surface area contributed by atoms with Gasteiger partial charge < -0.3 is 9.53 Å². The molecule has 0 aliphatic rings. The quantitative estimate of drug-likeness (QED) is 0.582. The molecule has 0 heterocycles. The lowest BCUT2D eigenvalue weighted by atomic mass is 9.98. The molecule has 4 heteroatoms. The van der Waals surface area contributed by atoms with E-state index in [9.17, 15) is 14.0 Å². The number of hydrogen-bond acceptors (Lipinski definition) is 3. The van der Waals surface area contributed by atoms with E-state index in [4.69, 9.17) is 4.74 Å². The van der Waals surface area contributed by atoms with Gasteiger partial charge in [-0.05, 0) is 17.7 Å². The molecule has 3 nitrogen and oxygen atoms in total. The van der Waals surface area contributed by atoms with E-state index in [2.05, 4.69) is 0 Å². The van der Waals surface area contributed by atoms with E-state index >= 15 is 0 Å². The largest absolute Gasteiger partial charge is 0.457 e. The van der Waals surface area contributed by atoms with Crippen molar-refractivity contribution in [2.45, 2.75) is 20.0 Å². The molecule has 0 aliphatic heterocycles. The number of carbonyl (C=O) groups is 2. The van der Waals surface area contributed by atoms with Crippen LogP contribution in [-0.2, 0) is 14.3 Å². The van der Waals surface area contributed by atoms with Crippen molar-refractivity contribution in [2.24, 2.45) is 5.92 Å². The number of carbonyl (C=O) groups excluding carboxylic acids is 2. The second-order valence-electron chi connectivity index (χ2n) is 3.58. The van der Waals surface area contributed by atoms with Crippen molar-refractivity contribution in [1.29, 1.82) is 0 Å². The van der Waals surface area contributed by atoms with Crippen molar-refractivity contribution in [3.8, 4) is 0 Å². The molecule has 0 aliphatic carbocycles. The van der Waals surface area contributed by atoms with Crippen LogP contribution in [-0.4, -0.2) is 12.3 Å². The second kappa shape index (κ2) is 5.39. The summed E-state index contributed by atoms with van der Waals surface area (Å²) in [5.74, 6) is -1.30. The van der Waals surface area contributed by atoms with Gasteiger partial charge in [-0.15, -0.1) is 0 Å². The summed E-state index contributed by atoms with van der Waals surface area (Å²) in [5.41, 5.74) is 0.608. The minimum absolute atomic E-state index is 0.371. The highest BCUT2D eigenvalue weighted by molar-refractivity contribution is 5.67. The Balaban J connectivity index is 2.95. The number of hydrogen-bond donors (Lipinski definition) is 0. The van der Waals surface area contributed by atoms with E-state index in [0.29, 0.717) is 11.8 Å². The molecule has 0 aromatic heterocycles. The molecule has 1 aromatic rings. The molecular weight excluding hydrogens is 211 g/mol. The third-order valence-corrected chi connectivity index (χ3v) is 2.18. The number of benzene rings is 1. The van der Waals surface area contributed by atoms with Gasteiger partial charge in [0.25, 0.3) is 0 Å². The molecule has 1 rings (SSSR count). The number of aldehydes is 1. The van der Waals surface area contributed by atoms with Crippen LogP contribution < -0.4 is 0 Å². The van der Waals surface area contributed by atoms with E-state index in [1.54, 1.807) is 6.92 Å². The summed E-state index contributed by atoms with van der Waals surface area (Å²) in [4.78, 5) is 21.6. The normalized spacial score (nSPS) is 13.9. The Morgan fingerprint density at radius 1 is 1.38 bits per heavy atom. The van der Waals surface area contributed by atoms with Gasteiger partial charge in [-0.25, -0.2) is 4.39 Å². The van der Waals surface area contributed by atoms with E-state index in [1.807, 2.05) is 0 Å². The average Bonchev–Trinajstić information content (AvgIpc) is 2.26. The fourth-order valence-corrected chi connectivity index (χ4v) is 1.38. The van der Waals surface area contributed by atoms with Gasteiger partial charge in [-0.2, -0.15) is 0 Å². The van der Waals surface area contributed by atoms with Crippen LogP contribution in [0.1, 0.15) is 25.5 Å². The molecule has 2 atom stereocenters. The highest BCUT2D eigenvalue weighted by Gasteiger charge is 2.21. The first kappa shape index (κ1) is 12.4. The van der Waals surface area contributed by atoms with Crippen molar-refractivity contribution in [2.75, 3.05) is 0 Å². The molecule has 16 heavy (non-hydrogen) atoms. The molecule has 0 amide bonds. The van der Waals surface area contributed by atoms with Crippen LogP contribution in [0.2, 0.25) is 0 Å². The smallest absolute Gasteiger partial charge is 0.303 e. The molecule has 0 saturated carbocycles. The summed E-state index contributed by atoms with van der Waals surface area (Å²) in [6, 6.07) is 5.54. The Bertz CT molecular complexity index is 372. The zero-order chi connectivity index (χ0) is 12.1. The molecule has 2 unspecified atom stereocenters. The van der Waals surface area contributed by atoms with Crippen molar-refractivity contribution >= 4 is 12.3 Å². The van der Waals surface area contributed by atoms with Gasteiger partial charge in [-0.3, -0.25) is 4.79 Å². The van der Waals surface area contributed by atoms with Crippen LogP contribution in [0.25, 0.3) is 0 Å². The molecule has 0 bridgehead atoms. The number of esters is 1. The molecule has 0 N–H and O–H groups in total. The zero-order valence-electron chi connectivity index (χ0n) is 9.14. The van der Waals surface area contributed by atoms with Crippen molar-refractivity contribution < 1.29 is 18.7 Å². The SMILES string of the molecule is CC(=O)OC(c1ccc(F)cc1)C(C)C=O. The zero-order valence-corrected chi connectivity index (χ0v) is 9.14. The van der Waals surface area contributed by atoms with Gasteiger partial charge >= 0.3 is 5.97 Å². The van der Waals surface area contributed by atoms with Gasteiger partial charge in [0.05, 0.1) is 5.92 Å². The summed E-state index contributed by atoms with van der Waals surface area (Å²) in [6.45, 7) is 2.91. The second-order valence-corrected chi connectivity index (χ2v) is 3.58. The third kappa shape index (κ3) is 3.15. The molecule has 0 fully saturated rings. The fraction of sp³-hybridized carbons (Fsp3) is 0.333. The average molecular weight is 224 g/mol. The molecular formula is C12H13FO3. The topological polar surface area (TPSA) is 43.4 Å². The van der Waals surface area contributed by atoms with Crippen LogP contribution in [0.4, 0.5) is 4.39 Å². The maximum Gasteiger partial charge on any atom is 0.303 e. The lowest BCUT2D eigenvalue weighted by Crippen LogP contribution is -2.17. The standard InChI is InChI=1S/C12H13FO3/c1-8(7-14)12(16-9(2)15)10-3-5-11(13)6-4-10/h3-8,12H,1-2H3. The minimum Gasteiger partial charge on any atom is -0.457 e. The van der Waals surface area contributed by atoms with E-state index < -0.39 is 18.0 Å². The van der Waals surface area contributed by atoms with Crippen LogP contribution in [0.5, 0.6) is 0 Å². The van der Waals surface area contributed by atoms with Crippen molar-refractivity contribution in [1.82, 2.24) is 0 Å². The monoisotopic (exact) mass is 224 g/mol. The maximum atomic E-state index is 12.7. The fourth-order valence-electron chi connectivity index (χ4n) is 1.38. The molecule has 0 radical (unpaired) electrons. The number of ether oxygens (including phenoxy) is 1. The first-order chi connectivity index (χ1) is 7.54. The Morgan fingerprint density at radius 3 is 2.38 bits per heavy atom.